The second-order valence-corrected chi connectivity index (χ2v) is 7.96. The number of aliphatic hydroxyl groups excluding tert-OH is 1. The molecule has 0 aromatic heterocycles. The predicted molar refractivity (Wildman–Crippen MR) is 130 cm³/mol. The third-order valence-corrected chi connectivity index (χ3v) is 5.87. The molecule has 174 valence electrons. The van der Waals surface area contributed by atoms with Gasteiger partial charge in [0.05, 0.1) is 25.3 Å². The van der Waals surface area contributed by atoms with Gasteiger partial charge in [-0.3, -0.25) is 9.59 Å². The topological polar surface area (TPSA) is 76.1 Å². The molecule has 6 nitrogen and oxygen atoms in total. The molecule has 0 radical (unpaired) electrons. The van der Waals surface area contributed by atoms with Crippen molar-refractivity contribution in [1.29, 1.82) is 0 Å². The number of amides is 1. The van der Waals surface area contributed by atoms with Crippen LogP contribution in [-0.4, -0.2) is 42.0 Å². The highest BCUT2D eigenvalue weighted by Gasteiger charge is 2.45. The zero-order valence-corrected chi connectivity index (χ0v) is 19.2. The molecule has 0 aliphatic carbocycles. The van der Waals surface area contributed by atoms with E-state index in [-0.39, 0.29) is 11.3 Å². The molecule has 0 saturated carbocycles. The Bertz CT molecular complexity index is 1200. The van der Waals surface area contributed by atoms with Gasteiger partial charge in [0, 0.05) is 12.1 Å². The number of ketones is 1. The van der Waals surface area contributed by atoms with Gasteiger partial charge in [-0.15, -0.1) is 0 Å². The van der Waals surface area contributed by atoms with Crippen LogP contribution >= 0.6 is 0 Å². The van der Waals surface area contributed by atoms with Crippen LogP contribution in [0.1, 0.15) is 29.7 Å². The lowest BCUT2D eigenvalue weighted by atomic mass is 9.95. The van der Waals surface area contributed by atoms with E-state index < -0.39 is 17.7 Å². The molecule has 1 heterocycles. The molecule has 1 aliphatic rings. The molecule has 1 fully saturated rings. The molecule has 1 aliphatic heterocycles. The fourth-order valence-corrected chi connectivity index (χ4v) is 4.20. The van der Waals surface area contributed by atoms with Crippen LogP contribution in [0.4, 0.5) is 0 Å². The van der Waals surface area contributed by atoms with Crippen LogP contribution in [0.5, 0.6) is 11.5 Å². The van der Waals surface area contributed by atoms with E-state index in [0.29, 0.717) is 42.2 Å². The Morgan fingerprint density at radius 2 is 1.68 bits per heavy atom. The van der Waals surface area contributed by atoms with E-state index in [9.17, 15) is 14.7 Å². The van der Waals surface area contributed by atoms with Crippen molar-refractivity contribution in [3.8, 4) is 11.5 Å². The summed E-state index contributed by atoms with van der Waals surface area (Å²) < 4.78 is 10.8. The summed E-state index contributed by atoms with van der Waals surface area (Å²) in [6.07, 6.45) is 0.581. The Kier molecular flexibility index (Phi) is 6.97. The second kappa shape index (κ2) is 10.3. The van der Waals surface area contributed by atoms with Crippen molar-refractivity contribution in [2.75, 3.05) is 20.3 Å². The normalized spacial score (nSPS) is 17.1. The summed E-state index contributed by atoms with van der Waals surface area (Å²) in [5.74, 6) is -0.278. The van der Waals surface area contributed by atoms with Gasteiger partial charge in [-0.2, -0.15) is 0 Å². The molecule has 4 rings (SSSR count). The first-order chi connectivity index (χ1) is 16.5. The molecule has 3 aromatic carbocycles. The summed E-state index contributed by atoms with van der Waals surface area (Å²) >= 11 is 0. The number of Topliss-reactive ketones (excluding diaryl/α,β-unsaturated/α-hetero) is 1. The van der Waals surface area contributed by atoms with E-state index in [0.717, 1.165) is 5.56 Å². The quantitative estimate of drug-likeness (QED) is 0.300. The fraction of sp³-hybridized carbons (Fsp3) is 0.214. The Balaban J connectivity index is 1.78. The van der Waals surface area contributed by atoms with Crippen LogP contribution in [-0.2, 0) is 16.0 Å². The number of methoxy groups -OCH3 is 1. The lowest BCUT2D eigenvalue weighted by molar-refractivity contribution is -0.139. The number of carbonyl (C=O) groups is 2. The van der Waals surface area contributed by atoms with E-state index in [1.54, 1.807) is 31.4 Å². The smallest absolute Gasteiger partial charge is 0.295 e. The van der Waals surface area contributed by atoms with Gasteiger partial charge in [0.2, 0.25) is 0 Å². The van der Waals surface area contributed by atoms with Crippen LogP contribution in [0.25, 0.3) is 5.76 Å². The summed E-state index contributed by atoms with van der Waals surface area (Å²) in [5, 5.41) is 11.2. The molecule has 1 N–H and O–H groups in total. The number of likely N-dealkylation sites (tertiary alicyclic amines) is 1. The molecule has 1 unspecified atom stereocenters. The van der Waals surface area contributed by atoms with E-state index >= 15 is 0 Å². The SMILES string of the molecule is CCOc1cccc(C2/C(=C(\O)c3ccc(OC)cc3)C(=O)C(=O)N2CCc2ccccc2)c1. The average molecular weight is 458 g/mol. The van der Waals surface area contributed by atoms with Gasteiger partial charge in [0.15, 0.2) is 0 Å². The van der Waals surface area contributed by atoms with Crippen LogP contribution in [0.15, 0.2) is 84.4 Å². The largest absolute Gasteiger partial charge is 0.507 e. The number of rotatable bonds is 8. The molecule has 34 heavy (non-hydrogen) atoms. The van der Waals surface area contributed by atoms with Crippen LogP contribution < -0.4 is 9.47 Å². The Morgan fingerprint density at radius 1 is 0.941 bits per heavy atom. The molecule has 0 bridgehead atoms. The predicted octanol–water partition coefficient (Wildman–Crippen LogP) is 4.76. The van der Waals surface area contributed by atoms with Gasteiger partial charge in [-0.1, -0.05) is 42.5 Å². The molecule has 0 spiro atoms. The van der Waals surface area contributed by atoms with Crippen molar-refractivity contribution in [3.63, 3.8) is 0 Å². The first-order valence-electron chi connectivity index (χ1n) is 11.2. The minimum absolute atomic E-state index is 0.0666. The maximum atomic E-state index is 13.2. The van der Waals surface area contributed by atoms with E-state index in [1.807, 2.05) is 61.5 Å². The second-order valence-electron chi connectivity index (χ2n) is 7.96. The van der Waals surface area contributed by atoms with Crippen LogP contribution in [0.3, 0.4) is 0 Å². The van der Waals surface area contributed by atoms with Gasteiger partial charge < -0.3 is 19.5 Å². The third kappa shape index (κ3) is 4.66. The number of aliphatic hydroxyl groups is 1. The molecule has 6 heteroatoms. The minimum Gasteiger partial charge on any atom is -0.507 e. The lowest BCUT2D eigenvalue weighted by Crippen LogP contribution is -2.31. The number of ether oxygens (including phenoxy) is 2. The molecule has 1 atom stereocenters. The zero-order valence-electron chi connectivity index (χ0n) is 19.2. The highest BCUT2D eigenvalue weighted by Crippen LogP contribution is 2.40. The number of carbonyl (C=O) groups excluding carboxylic acids is 2. The molecular formula is C28H27NO5. The monoisotopic (exact) mass is 457 g/mol. The van der Waals surface area contributed by atoms with Gasteiger partial charge >= 0.3 is 0 Å². The Hall–Kier alpha value is -4.06. The number of benzene rings is 3. The highest BCUT2D eigenvalue weighted by molar-refractivity contribution is 6.46. The first kappa shape index (κ1) is 23.1. The standard InChI is InChI=1S/C28H27NO5/c1-3-34-23-11-7-10-21(18-23)25-24(26(30)20-12-14-22(33-2)15-13-20)27(31)28(32)29(25)17-16-19-8-5-4-6-9-19/h4-15,18,25,30H,3,16-17H2,1-2H3/b26-24+. The van der Waals surface area contributed by atoms with Crippen LogP contribution in [0.2, 0.25) is 0 Å². The number of nitrogens with zero attached hydrogens (tertiary/aromatic N) is 1. The first-order valence-corrected chi connectivity index (χ1v) is 11.2. The third-order valence-electron chi connectivity index (χ3n) is 5.87. The van der Waals surface area contributed by atoms with Gasteiger partial charge in [-0.05, 0) is 60.9 Å². The summed E-state index contributed by atoms with van der Waals surface area (Å²) in [6.45, 7) is 2.71. The van der Waals surface area contributed by atoms with Crippen molar-refractivity contribution in [2.45, 2.75) is 19.4 Å². The van der Waals surface area contributed by atoms with E-state index in [2.05, 4.69) is 0 Å². The fourth-order valence-electron chi connectivity index (χ4n) is 4.20. The maximum Gasteiger partial charge on any atom is 0.295 e. The van der Waals surface area contributed by atoms with Crippen molar-refractivity contribution >= 4 is 17.4 Å². The molecule has 3 aromatic rings. The average Bonchev–Trinajstić information content (AvgIpc) is 3.13. The van der Waals surface area contributed by atoms with Crippen LogP contribution in [0, 0.1) is 0 Å². The highest BCUT2D eigenvalue weighted by atomic mass is 16.5. The molecule has 1 amide bonds. The molecular weight excluding hydrogens is 430 g/mol. The zero-order chi connectivity index (χ0) is 24.1. The minimum atomic E-state index is -0.730. The van der Waals surface area contributed by atoms with Gasteiger partial charge in [0.1, 0.15) is 17.3 Å². The maximum absolute atomic E-state index is 13.2. The summed E-state index contributed by atoms with van der Waals surface area (Å²) in [7, 11) is 1.55. The molecule has 1 saturated heterocycles. The van der Waals surface area contributed by atoms with E-state index in [1.165, 1.54) is 4.90 Å². The summed E-state index contributed by atoms with van der Waals surface area (Å²) in [4.78, 5) is 27.9. The summed E-state index contributed by atoms with van der Waals surface area (Å²) in [5.41, 5.74) is 2.26. The van der Waals surface area contributed by atoms with Crippen molar-refractivity contribution < 1.29 is 24.2 Å². The Labute approximate surface area is 199 Å². The van der Waals surface area contributed by atoms with E-state index in [4.69, 9.17) is 9.47 Å². The number of hydrogen-bond acceptors (Lipinski definition) is 5. The van der Waals surface area contributed by atoms with Gasteiger partial charge in [-0.25, -0.2) is 0 Å². The Morgan fingerprint density at radius 3 is 2.35 bits per heavy atom. The van der Waals surface area contributed by atoms with Crippen molar-refractivity contribution in [3.05, 3.63) is 101 Å². The van der Waals surface area contributed by atoms with Crippen molar-refractivity contribution in [1.82, 2.24) is 4.90 Å². The lowest BCUT2D eigenvalue weighted by Gasteiger charge is -2.25. The van der Waals surface area contributed by atoms with Gasteiger partial charge in [0.25, 0.3) is 11.7 Å². The summed E-state index contributed by atoms with van der Waals surface area (Å²) in [6, 6.07) is 23.1. The number of hydrogen-bond donors (Lipinski definition) is 1. The van der Waals surface area contributed by atoms with Crippen molar-refractivity contribution in [2.24, 2.45) is 0 Å².